The lowest BCUT2D eigenvalue weighted by atomic mass is 9.89. The van der Waals surface area contributed by atoms with Crippen LogP contribution < -0.4 is 0 Å². The van der Waals surface area contributed by atoms with Gasteiger partial charge < -0.3 is 4.74 Å². The molecule has 0 N–H and O–H groups in total. The molecule has 2 bridgehead atoms. The van der Waals surface area contributed by atoms with Gasteiger partial charge in [0.2, 0.25) is 0 Å². The average Bonchev–Trinajstić information content (AvgIpc) is 2.80. The van der Waals surface area contributed by atoms with Gasteiger partial charge in [-0.15, -0.1) is 0 Å². The van der Waals surface area contributed by atoms with Crippen molar-refractivity contribution in [3.8, 4) is 0 Å². The van der Waals surface area contributed by atoms with Crippen molar-refractivity contribution >= 4 is 10.2 Å². The number of fused-ring (bicyclic) bond motifs is 2. The van der Waals surface area contributed by atoms with Crippen LogP contribution in [-0.2, 0) is 4.74 Å². The molecule has 4 atom stereocenters. The Labute approximate surface area is 90.0 Å². The summed E-state index contributed by atoms with van der Waals surface area (Å²) in [6, 6.07) is 0. The minimum atomic E-state index is 0.944. The maximum atomic E-state index is 5.84. The van der Waals surface area contributed by atoms with Crippen LogP contribution in [0.15, 0.2) is 0 Å². The Morgan fingerprint density at radius 2 is 1.86 bits per heavy atom. The summed E-state index contributed by atoms with van der Waals surface area (Å²) in [4.78, 5) is 0. The Morgan fingerprint density at radius 3 is 2.43 bits per heavy atom. The zero-order chi connectivity index (χ0) is 9.54. The third-order valence-corrected chi connectivity index (χ3v) is 6.15. The van der Waals surface area contributed by atoms with Crippen molar-refractivity contribution in [1.82, 2.24) is 0 Å². The molecule has 4 unspecified atom stereocenters. The summed E-state index contributed by atoms with van der Waals surface area (Å²) in [7, 11) is 1.44. The Balaban J connectivity index is 1.42. The molecular formula is C12H22OSi. The van der Waals surface area contributed by atoms with Gasteiger partial charge in [0, 0.05) is 23.5 Å². The van der Waals surface area contributed by atoms with Crippen molar-refractivity contribution in [2.24, 2.45) is 23.7 Å². The molecule has 0 aromatic rings. The highest BCUT2D eigenvalue weighted by Crippen LogP contribution is 2.53. The van der Waals surface area contributed by atoms with Crippen molar-refractivity contribution in [3.05, 3.63) is 0 Å². The van der Waals surface area contributed by atoms with Crippen LogP contribution in [0.25, 0.3) is 0 Å². The molecular weight excluding hydrogens is 188 g/mol. The molecule has 14 heavy (non-hydrogen) atoms. The molecule has 0 heterocycles. The van der Waals surface area contributed by atoms with Gasteiger partial charge in [-0.05, 0) is 49.4 Å². The van der Waals surface area contributed by atoms with Crippen molar-refractivity contribution in [3.63, 3.8) is 0 Å². The second kappa shape index (κ2) is 3.64. The fourth-order valence-corrected chi connectivity index (χ4v) is 4.71. The first-order valence-corrected chi connectivity index (χ1v) is 7.56. The van der Waals surface area contributed by atoms with Gasteiger partial charge in [-0.1, -0.05) is 12.0 Å². The molecule has 1 nitrogen and oxygen atoms in total. The highest BCUT2D eigenvalue weighted by Gasteiger charge is 2.43. The molecule has 0 spiro atoms. The van der Waals surface area contributed by atoms with E-state index in [-0.39, 0.29) is 0 Å². The van der Waals surface area contributed by atoms with E-state index in [1.165, 1.54) is 29.5 Å². The van der Waals surface area contributed by atoms with Gasteiger partial charge in [-0.2, -0.15) is 0 Å². The lowest BCUT2D eigenvalue weighted by Crippen LogP contribution is -2.20. The quantitative estimate of drug-likeness (QED) is 0.641. The monoisotopic (exact) mass is 210 g/mol. The van der Waals surface area contributed by atoms with Gasteiger partial charge in [0.15, 0.2) is 0 Å². The summed E-state index contributed by atoms with van der Waals surface area (Å²) < 4.78 is 5.84. The van der Waals surface area contributed by atoms with Gasteiger partial charge in [0.25, 0.3) is 0 Å². The third kappa shape index (κ3) is 1.79. The Kier molecular flexibility index (Phi) is 2.44. The van der Waals surface area contributed by atoms with Crippen molar-refractivity contribution in [2.75, 3.05) is 13.2 Å². The molecule has 0 aliphatic heterocycles. The lowest BCUT2D eigenvalue weighted by Gasteiger charge is -2.25. The van der Waals surface area contributed by atoms with Gasteiger partial charge in [-0.25, -0.2) is 0 Å². The molecule has 3 aliphatic rings. The number of ether oxygens (including phenoxy) is 1. The van der Waals surface area contributed by atoms with Crippen molar-refractivity contribution in [2.45, 2.75) is 37.6 Å². The highest BCUT2D eigenvalue weighted by atomic mass is 28.1. The second-order valence-corrected chi connectivity index (χ2v) is 7.43. The molecule has 0 aromatic heterocycles. The van der Waals surface area contributed by atoms with E-state index in [1.54, 1.807) is 12.8 Å². The lowest BCUT2D eigenvalue weighted by molar-refractivity contribution is 0.0719. The summed E-state index contributed by atoms with van der Waals surface area (Å²) in [5, 5.41) is 0. The first-order chi connectivity index (χ1) is 6.83. The van der Waals surface area contributed by atoms with Crippen LogP contribution in [0.2, 0.25) is 5.54 Å². The van der Waals surface area contributed by atoms with Crippen LogP contribution in [0.3, 0.4) is 0 Å². The summed E-state index contributed by atoms with van der Waals surface area (Å²) >= 11 is 0. The number of hydrogen-bond acceptors (Lipinski definition) is 1. The van der Waals surface area contributed by atoms with E-state index in [1.807, 2.05) is 0 Å². The number of hydrogen-bond donors (Lipinski definition) is 0. The minimum absolute atomic E-state index is 0.944. The second-order valence-electron chi connectivity index (χ2n) is 5.95. The molecule has 3 fully saturated rings. The van der Waals surface area contributed by atoms with Gasteiger partial charge >= 0.3 is 0 Å². The summed E-state index contributed by atoms with van der Waals surface area (Å²) in [6.45, 7) is 2.16. The van der Waals surface area contributed by atoms with Gasteiger partial charge in [-0.3, -0.25) is 0 Å². The van der Waals surface area contributed by atoms with Crippen LogP contribution in [0.4, 0.5) is 0 Å². The van der Waals surface area contributed by atoms with Crippen molar-refractivity contribution in [1.29, 1.82) is 0 Å². The highest BCUT2D eigenvalue weighted by molar-refractivity contribution is 6.12. The first kappa shape index (κ1) is 9.41. The van der Waals surface area contributed by atoms with Crippen LogP contribution >= 0.6 is 0 Å². The maximum Gasteiger partial charge on any atom is 0.0497 e. The zero-order valence-electron chi connectivity index (χ0n) is 9.24. The SMILES string of the molecule is [SiH3]C1CC2CC1CC2COCC1CC1. The summed E-state index contributed by atoms with van der Waals surface area (Å²) in [5.41, 5.74) is 1.15. The van der Waals surface area contributed by atoms with E-state index in [0.29, 0.717) is 0 Å². The summed E-state index contributed by atoms with van der Waals surface area (Å²) in [6.07, 6.45) is 7.46. The smallest absolute Gasteiger partial charge is 0.0497 e. The number of rotatable bonds is 4. The van der Waals surface area contributed by atoms with Crippen LogP contribution in [0.5, 0.6) is 0 Å². The van der Waals surface area contributed by atoms with E-state index in [4.69, 9.17) is 4.74 Å². The average molecular weight is 210 g/mol. The Hall–Kier alpha value is 0.177. The standard InChI is InChI=1S/C12H22OSi/c14-12-5-9-3-10(12)4-11(9)7-13-6-8-1-2-8/h8-12H,1-7H2,14H3. The fourth-order valence-electron chi connectivity index (χ4n) is 3.56. The van der Waals surface area contributed by atoms with Crippen LogP contribution in [0, 0.1) is 23.7 Å². The fraction of sp³-hybridized carbons (Fsp3) is 1.00. The normalized spacial score (nSPS) is 46.3. The Bertz CT molecular complexity index is 212. The zero-order valence-corrected chi connectivity index (χ0v) is 11.2. The van der Waals surface area contributed by atoms with E-state index in [2.05, 4.69) is 0 Å². The summed E-state index contributed by atoms with van der Waals surface area (Å²) in [5.74, 6) is 4.06. The van der Waals surface area contributed by atoms with Crippen LogP contribution in [-0.4, -0.2) is 23.5 Å². The molecule has 0 saturated heterocycles. The van der Waals surface area contributed by atoms with E-state index < -0.39 is 0 Å². The molecule has 80 valence electrons. The third-order valence-electron chi connectivity index (χ3n) is 4.74. The molecule has 2 heteroatoms. The predicted molar refractivity (Wildman–Crippen MR) is 61.6 cm³/mol. The molecule has 3 saturated carbocycles. The van der Waals surface area contributed by atoms with E-state index in [0.717, 1.165) is 42.4 Å². The predicted octanol–water partition coefficient (Wildman–Crippen LogP) is 1.61. The van der Waals surface area contributed by atoms with Crippen molar-refractivity contribution < 1.29 is 4.74 Å². The molecule has 3 aliphatic carbocycles. The minimum Gasteiger partial charge on any atom is -0.381 e. The van der Waals surface area contributed by atoms with E-state index in [9.17, 15) is 0 Å². The maximum absolute atomic E-state index is 5.84. The Morgan fingerprint density at radius 1 is 1.00 bits per heavy atom. The topological polar surface area (TPSA) is 9.23 Å². The van der Waals surface area contributed by atoms with E-state index >= 15 is 0 Å². The molecule has 3 rings (SSSR count). The molecule has 0 radical (unpaired) electrons. The molecule has 0 aromatic carbocycles. The van der Waals surface area contributed by atoms with Gasteiger partial charge in [0.05, 0.1) is 0 Å². The van der Waals surface area contributed by atoms with Gasteiger partial charge in [0.1, 0.15) is 0 Å². The largest absolute Gasteiger partial charge is 0.381 e. The van der Waals surface area contributed by atoms with Crippen LogP contribution in [0.1, 0.15) is 32.1 Å². The first-order valence-electron chi connectivity index (χ1n) is 6.40. The molecule has 0 amide bonds.